The monoisotopic (exact) mass is 280 g/mol. The summed E-state index contributed by atoms with van der Waals surface area (Å²) in [4.78, 5) is 13.6. The summed E-state index contributed by atoms with van der Waals surface area (Å²) in [6.07, 6.45) is -1.77. The lowest BCUT2D eigenvalue weighted by molar-refractivity contribution is -0.386. The number of nitrogens with zero attached hydrogens (tertiary/aromatic N) is 2. The van der Waals surface area contributed by atoms with E-state index in [2.05, 4.69) is 20.9 Å². The molecular formula is C8H7BrF2N2O2. The molecule has 7 heteroatoms. The van der Waals surface area contributed by atoms with Gasteiger partial charge in [-0.1, -0.05) is 15.9 Å². The molecular weight excluding hydrogens is 274 g/mol. The van der Waals surface area contributed by atoms with E-state index in [-0.39, 0.29) is 22.3 Å². The first-order valence-corrected chi connectivity index (χ1v) is 5.08. The average molecular weight is 281 g/mol. The fraction of sp³-hybridized carbons (Fsp3) is 0.375. The largest absolute Gasteiger partial charge is 0.294 e. The van der Waals surface area contributed by atoms with E-state index >= 15 is 0 Å². The highest BCUT2D eigenvalue weighted by Crippen LogP contribution is 2.31. The molecule has 0 saturated carbocycles. The van der Waals surface area contributed by atoms with Gasteiger partial charge in [-0.15, -0.1) is 0 Å². The third-order valence-corrected chi connectivity index (χ3v) is 2.50. The van der Waals surface area contributed by atoms with E-state index in [1.807, 2.05) is 0 Å². The molecule has 15 heavy (non-hydrogen) atoms. The van der Waals surface area contributed by atoms with Crippen LogP contribution in [0.3, 0.4) is 0 Å². The number of halogens is 3. The van der Waals surface area contributed by atoms with Crippen molar-refractivity contribution in [1.82, 2.24) is 4.98 Å². The van der Waals surface area contributed by atoms with Gasteiger partial charge in [-0.05, 0) is 6.92 Å². The van der Waals surface area contributed by atoms with Crippen LogP contribution in [0.4, 0.5) is 14.5 Å². The highest BCUT2D eigenvalue weighted by Gasteiger charge is 2.24. The maximum absolute atomic E-state index is 12.4. The molecule has 0 saturated heterocycles. The predicted octanol–water partition coefficient (Wildman–Crippen LogP) is 3.13. The van der Waals surface area contributed by atoms with E-state index in [9.17, 15) is 18.9 Å². The van der Waals surface area contributed by atoms with Crippen molar-refractivity contribution in [2.24, 2.45) is 0 Å². The molecule has 0 aliphatic heterocycles. The Balaban J connectivity index is 3.42. The summed E-state index contributed by atoms with van der Waals surface area (Å²) in [6.45, 7) is 1.30. The summed E-state index contributed by atoms with van der Waals surface area (Å²) in [6, 6.07) is 0. The Labute approximate surface area is 92.6 Å². The minimum Gasteiger partial charge on any atom is -0.258 e. The van der Waals surface area contributed by atoms with Crippen LogP contribution in [0.1, 0.15) is 23.2 Å². The van der Waals surface area contributed by atoms with Crippen molar-refractivity contribution in [3.63, 3.8) is 0 Å². The standard InChI is InChI=1S/C8H7BrF2N2O2/c1-4-5(8(10)11)3-12-6(2-9)7(4)13(14)15/h3,8H,2H2,1H3. The summed E-state index contributed by atoms with van der Waals surface area (Å²) in [7, 11) is 0. The Morgan fingerprint density at radius 2 is 2.27 bits per heavy atom. The van der Waals surface area contributed by atoms with Gasteiger partial charge in [-0.25, -0.2) is 8.78 Å². The van der Waals surface area contributed by atoms with Gasteiger partial charge in [0.25, 0.3) is 12.1 Å². The van der Waals surface area contributed by atoms with E-state index in [0.717, 1.165) is 6.20 Å². The van der Waals surface area contributed by atoms with Crippen LogP contribution in [-0.2, 0) is 5.33 Å². The predicted molar refractivity (Wildman–Crippen MR) is 53.2 cm³/mol. The maximum Gasteiger partial charge on any atom is 0.294 e. The molecule has 1 aromatic heterocycles. The van der Waals surface area contributed by atoms with Crippen LogP contribution < -0.4 is 0 Å². The second-order valence-electron chi connectivity index (χ2n) is 2.83. The second-order valence-corrected chi connectivity index (χ2v) is 3.39. The summed E-state index contributed by atoms with van der Waals surface area (Å²) in [5, 5.41) is 10.8. The number of alkyl halides is 3. The number of aromatic nitrogens is 1. The van der Waals surface area contributed by atoms with Crippen LogP contribution in [-0.4, -0.2) is 9.91 Å². The zero-order valence-electron chi connectivity index (χ0n) is 7.71. The van der Waals surface area contributed by atoms with Gasteiger partial charge in [0.2, 0.25) is 0 Å². The van der Waals surface area contributed by atoms with Crippen molar-refractivity contribution >= 4 is 21.6 Å². The van der Waals surface area contributed by atoms with Crippen LogP contribution in [0.2, 0.25) is 0 Å². The van der Waals surface area contributed by atoms with E-state index < -0.39 is 16.9 Å². The fourth-order valence-electron chi connectivity index (χ4n) is 1.22. The van der Waals surface area contributed by atoms with E-state index in [1.54, 1.807) is 0 Å². The normalized spacial score (nSPS) is 10.7. The van der Waals surface area contributed by atoms with Gasteiger partial charge in [0.05, 0.1) is 10.3 Å². The van der Waals surface area contributed by atoms with Crippen LogP contribution in [0.5, 0.6) is 0 Å². The first-order valence-electron chi connectivity index (χ1n) is 3.96. The highest BCUT2D eigenvalue weighted by molar-refractivity contribution is 9.08. The molecule has 0 atom stereocenters. The van der Waals surface area contributed by atoms with Crippen molar-refractivity contribution in [2.45, 2.75) is 18.7 Å². The Morgan fingerprint density at radius 3 is 2.67 bits per heavy atom. The molecule has 0 spiro atoms. The molecule has 82 valence electrons. The lowest BCUT2D eigenvalue weighted by Gasteiger charge is -2.06. The third kappa shape index (κ3) is 2.28. The van der Waals surface area contributed by atoms with Crippen LogP contribution >= 0.6 is 15.9 Å². The van der Waals surface area contributed by atoms with Crippen molar-refractivity contribution < 1.29 is 13.7 Å². The molecule has 1 heterocycles. The molecule has 1 rings (SSSR count). The van der Waals surface area contributed by atoms with Gasteiger partial charge in [-0.3, -0.25) is 15.1 Å². The van der Waals surface area contributed by atoms with Gasteiger partial charge >= 0.3 is 0 Å². The SMILES string of the molecule is Cc1c(C(F)F)cnc(CBr)c1[N+](=O)[O-]. The fourth-order valence-corrected chi connectivity index (χ4v) is 1.63. The summed E-state index contributed by atoms with van der Waals surface area (Å²) >= 11 is 3.02. The maximum atomic E-state index is 12.4. The third-order valence-electron chi connectivity index (χ3n) is 1.97. The first-order chi connectivity index (χ1) is 6.99. The first kappa shape index (κ1) is 12.0. The van der Waals surface area contributed by atoms with Crippen LogP contribution in [0.15, 0.2) is 6.20 Å². The van der Waals surface area contributed by atoms with Gasteiger partial charge in [0.1, 0.15) is 5.69 Å². The van der Waals surface area contributed by atoms with E-state index in [1.165, 1.54) is 6.92 Å². The molecule has 0 aromatic carbocycles. The lowest BCUT2D eigenvalue weighted by Crippen LogP contribution is -2.03. The van der Waals surface area contributed by atoms with Crippen LogP contribution in [0.25, 0.3) is 0 Å². The van der Waals surface area contributed by atoms with Gasteiger partial charge < -0.3 is 0 Å². The van der Waals surface area contributed by atoms with Gasteiger partial charge in [0.15, 0.2) is 0 Å². The number of hydrogen-bond donors (Lipinski definition) is 0. The summed E-state index contributed by atoms with van der Waals surface area (Å²) < 4.78 is 24.9. The minimum absolute atomic E-state index is 0.0283. The topological polar surface area (TPSA) is 56.0 Å². The molecule has 0 amide bonds. The average Bonchev–Trinajstić information content (AvgIpc) is 2.15. The molecule has 0 N–H and O–H groups in total. The van der Waals surface area contributed by atoms with Crippen molar-refractivity contribution in [3.05, 3.63) is 33.1 Å². The Morgan fingerprint density at radius 1 is 1.67 bits per heavy atom. The molecule has 0 unspecified atom stereocenters. The highest BCUT2D eigenvalue weighted by atomic mass is 79.9. The quantitative estimate of drug-likeness (QED) is 0.486. The van der Waals surface area contributed by atoms with E-state index in [0.29, 0.717) is 0 Å². The Hall–Kier alpha value is -1.11. The molecule has 1 aromatic rings. The smallest absolute Gasteiger partial charge is 0.258 e. The van der Waals surface area contributed by atoms with Gasteiger partial charge in [0, 0.05) is 17.3 Å². The molecule has 4 nitrogen and oxygen atoms in total. The number of rotatable bonds is 3. The Bertz CT molecular complexity index is 398. The summed E-state index contributed by atoms with van der Waals surface area (Å²) in [5.74, 6) is 0. The minimum atomic E-state index is -2.75. The molecule has 0 aliphatic carbocycles. The van der Waals surface area contributed by atoms with Crippen molar-refractivity contribution in [1.29, 1.82) is 0 Å². The van der Waals surface area contributed by atoms with Crippen molar-refractivity contribution in [2.75, 3.05) is 0 Å². The number of hydrogen-bond acceptors (Lipinski definition) is 3. The molecule has 0 fully saturated rings. The lowest BCUT2D eigenvalue weighted by atomic mass is 10.1. The Kier molecular flexibility index (Phi) is 3.67. The zero-order chi connectivity index (χ0) is 11.6. The summed E-state index contributed by atoms with van der Waals surface area (Å²) in [5.41, 5.74) is -0.613. The van der Waals surface area contributed by atoms with Crippen LogP contribution in [0, 0.1) is 17.0 Å². The van der Waals surface area contributed by atoms with Gasteiger partial charge in [-0.2, -0.15) is 0 Å². The van der Waals surface area contributed by atoms with E-state index in [4.69, 9.17) is 0 Å². The number of pyridine rings is 1. The molecule has 0 bridgehead atoms. The second kappa shape index (κ2) is 4.61. The zero-order valence-corrected chi connectivity index (χ0v) is 9.29. The van der Waals surface area contributed by atoms with Crippen molar-refractivity contribution in [3.8, 4) is 0 Å². The number of nitro groups is 1. The molecule has 0 aliphatic rings. The molecule has 0 radical (unpaired) electrons.